The van der Waals surface area contributed by atoms with E-state index in [2.05, 4.69) is 68.4 Å². The van der Waals surface area contributed by atoms with E-state index in [0.29, 0.717) is 17.5 Å². The van der Waals surface area contributed by atoms with Crippen LogP contribution < -0.4 is 0 Å². The number of rotatable bonds is 14. The molecule has 0 fully saturated rings. The summed E-state index contributed by atoms with van der Waals surface area (Å²) in [5.41, 5.74) is 7.40. The van der Waals surface area contributed by atoms with Crippen LogP contribution in [0.1, 0.15) is 76.3 Å². The quantitative estimate of drug-likeness (QED) is 0.0839. The Morgan fingerprint density at radius 1 is 0.535 bits per heavy atom. The first kappa shape index (κ1) is 32.4. The Bertz CT molecular complexity index is 1440. The molecule has 0 aliphatic rings. The van der Waals surface area contributed by atoms with Gasteiger partial charge in [-0.2, -0.15) is 0 Å². The summed E-state index contributed by atoms with van der Waals surface area (Å²) in [5, 5.41) is 0. The number of hydrogen-bond donors (Lipinski definition) is 0. The fraction of sp³-hybridized carbons (Fsp3) is 0.316. The molecule has 0 aliphatic carbocycles. The van der Waals surface area contributed by atoms with Crippen LogP contribution in [-0.2, 0) is 32.9 Å². The molecule has 5 rings (SSSR count). The summed E-state index contributed by atoms with van der Waals surface area (Å²) in [6.45, 7) is 4.50. The van der Waals surface area contributed by atoms with Crippen LogP contribution >= 0.6 is 0 Å². The van der Waals surface area contributed by atoms with E-state index in [4.69, 9.17) is 19.9 Å². The Kier molecular flexibility index (Phi) is 12.8. The largest absolute Gasteiger partial charge is 0.304 e. The van der Waals surface area contributed by atoms with E-state index in [0.717, 1.165) is 40.8 Å². The monoisotopic (exact) mass is 746 g/mol. The number of nitrogens with zero attached hydrogens (tertiary/aromatic N) is 4. The molecule has 0 aliphatic heterocycles. The van der Waals surface area contributed by atoms with Crippen molar-refractivity contribution in [3.63, 3.8) is 0 Å². The Balaban J connectivity index is 0.00000423. The third-order valence-electron chi connectivity index (χ3n) is 7.70. The molecule has 0 saturated heterocycles. The van der Waals surface area contributed by atoms with E-state index < -0.39 is 0 Å². The van der Waals surface area contributed by atoms with Crippen molar-refractivity contribution in [3.8, 4) is 45.4 Å². The van der Waals surface area contributed by atoms with E-state index in [9.17, 15) is 0 Å². The van der Waals surface area contributed by atoms with Crippen molar-refractivity contribution in [2.75, 3.05) is 0 Å². The zero-order valence-electron chi connectivity index (χ0n) is 25.4. The minimum absolute atomic E-state index is 0. The van der Waals surface area contributed by atoms with Crippen LogP contribution in [0.25, 0.3) is 45.4 Å². The third-order valence-corrected chi connectivity index (χ3v) is 7.70. The van der Waals surface area contributed by atoms with Crippen LogP contribution in [0.5, 0.6) is 0 Å². The molecule has 5 heteroatoms. The topological polar surface area (TPSA) is 51.6 Å². The second kappa shape index (κ2) is 16.9. The van der Waals surface area contributed by atoms with Crippen molar-refractivity contribution >= 4 is 0 Å². The van der Waals surface area contributed by atoms with Gasteiger partial charge in [0, 0.05) is 43.0 Å². The first-order chi connectivity index (χ1) is 20.7. The van der Waals surface area contributed by atoms with Gasteiger partial charge in [0.05, 0.1) is 0 Å². The van der Waals surface area contributed by atoms with Crippen LogP contribution in [-0.4, -0.2) is 19.9 Å². The number of pyridine rings is 1. The summed E-state index contributed by atoms with van der Waals surface area (Å²) >= 11 is 0. The van der Waals surface area contributed by atoms with Crippen LogP contribution in [0.3, 0.4) is 0 Å². The molecule has 5 aromatic rings. The molecule has 0 N–H and O–H groups in total. The first-order valence-electron chi connectivity index (χ1n) is 15.6. The normalized spacial score (nSPS) is 10.8. The number of aromatic nitrogens is 4. The summed E-state index contributed by atoms with van der Waals surface area (Å²) in [5.74, 6) is 1.98. The molecule has 223 valence electrons. The Morgan fingerprint density at radius 3 is 1.49 bits per heavy atom. The predicted molar refractivity (Wildman–Crippen MR) is 174 cm³/mol. The molecular weight excluding hydrogens is 705 g/mol. The maximum absolute atomic E-state index is 4.95. The minimum Gasteiger partial charge on any atom is -0.304 e. The maximum atomic E-state index is 4.95. The van der Waals surface area contributed by atoms with Crippen molar-refractivity contribution in [1.82, 2.24) is 19.9 Å². The van der Waals surface area contributed by atoms with E-state index >= 15 is 0 Å². The summed E-state index contributed by atoms with van der Waals surface area (Å²) in [6.07, 6.45) is 14.2. The predicted octanol–water partition coefficient (Wildman–Crippen LogP) is 9.98. The van der Waals surface area contributed by atoms with Crippen molar-refractivity contribution in [2.45, 2.75) is 78.1 Å². The van der Waals surface area contributed by atoms with Crippen LogP contribution in [0.15, 0.2) is 91.1 Å². The van der Waals surface area contributed by atoms with Gasteiger partial charge in [-0.1, -0.05) is 113 Å². The number of hydrogen-bond acceptors (Lipinski definition) is 4. The number of benzene rings is 3. The van der Waals surface area contributed by atoms with Gasteiger partial charge in [0.1, 0.15) is 0 Å². The van der Waals surface area contributed by atoms with E-state index in [1.807, 2.05) is 42.6 Å². The van der Waals surface area contributed by atoms with E-state index in [1.165, 1.54) is 62.5 Å². The van der Waals surface area contributed by atoms with Gasteiger partial charge in [-0.05, 0) is 42.5 Å². The van der Waals surface area contributed by atoms with Gasteiger partial charge in [-0.3, -0.25) is 0 Å². The van der Waals surface area contributed by atoms with Crippen molar-refractivity contribution in [3.05, 3.63) is 108 Å². The Hall–Kier alpha value is -3.53. The van der Waals surface area contributed by atoms with Crippen LogP contribution in [0.2, 0.25) is 0 Å². The third kappa shape index (κ3) is 9.23. The van der Waals surface area contributed by atoms with Gasteiger partial charge in [0.25, 0.3) is 0 Å². The molecule has 43 heavy (non-hydrogen) atoms. The van der Waals surface area contributed by atoms with E-state index in [-0.39, 0.29) is 20.1 Å². The molecular formula is C38H41IrN4-. The molecule has 4 nitrogen and oxygen atoms in total. The average molecular weight is 746 g/mol. The maximum Gasteiger partial charge on any atom is 0.165 e. The smallest absolute Gasteiger partial charge is 0.165 e. The molecule has 0 saturated carbocycles. The summed E-state index contributed by atoms with van der Waals surface area (Å²) in [6, 6.07) is 32.6. The number of aryl methyl sites for hydroxylation is 2. The molecule has 3 aromatic carbocycles. The van der Waals surface area contributed by atoms with E-state index in [1.54, 1.807) is 0 Å². The Labute approximate surface area is 270 Å². The zero-order valence-corrected chi connectivity index (χ0v) is 27.7. The Morgan fingerprint density at radius 2 is 1.05 bits per heavy atom. The SMILES string of the molecule is CCCCCCc1ccc(-c2nc(-c3ccc(CCCCCC)cc3)nc(-c3ccc(-c4[c-]cccc4)nc3)n2)cc1.[Ir]. The standard InChI is InChI=1S/C38H41N4.Ir/c1-3-5-7-10-14-29-18-22-32(23-19-29)36-40-37(33-24-20-30(21-25-33)15-11-8-6-4-2)42-38(41-36)34-26-27-35(39-28-34)31-16-12-9-13-17-31;/h9,12-13,16,18-28H,3-8,10-11,14-15H2,1-2H3;/q-1;. The second-order valence-corrected chi connectivity index (χ2v) is 11.0. The average Bonchev–Trinajstić information content (AvgIpc) is 3.06. The van der Waals surface area contributed by atoms with Gasteiger partial charge in [0.15, 0.2) is 17.5 Å². The molecule has 0 bridgehead atoms. The molecule has 0 spiro atoms. The molecule has 1 radical (unpaired) electrons. The summed E-state index contributed by atoms with van der Waals surface area (Å²) < 4.78 is 0. The second-order valence-electron chi connectivity index (χ2n) is 11.0. The van der Waals surface area contributed by atoms with Crippen molar-refractivity contribution < 1.29 is 20.1 Å². The van der Waals surface area contributed by atoms with Gasteiger partial charge >= 0.3 is 0 Å². The van der Waals surface area contributed by atoms with Gasteiger partial charge in [-0.25, -0.2) is 15.0 Å². The molecule has 0 amide bonds. The summed E-state index contributed by atoms with van der Waals surface area (Å²) in [4.78, 5) is 19.5. The molecule has 2 aromatic heterocycles. The minimum atomic E-state index is 0. The first-order valence-corrected chi connectivity index (χ1v) is 15.6. The number of unbranched alkanes of at least 4 members (excludes halogenated alkanes) is 6. The fourth-order valence-corrected chi connectivity index (χ4v) is 5.15. The fourth-order valence-electron chi connectivity index (χ4n) is 5.15. The van der Waals surface area contributed by atoms with Crippen LogP contribution in [0, 0.1) is 6.07 Å². The van der Waals surface area contributed by atoms with Gasteiger partial charge in [0.2, 0.25) is 0 Å². The summed E-state index contributed by atoms with van der Waals surface area (Å²) in [7, 11) is 0. The van der Waals surface area contributed by atoms with Gasteiger partial charge < -0.3 is 4.98 Å². The molecule has 2 heterocycles. The van der Waals surface area contributed by atoms with Crippen molar-refractivity contribution in [1.29, 1.82) is 0 Å². The molecule has 0 atom stereocenters. The zero-order chi connectivity index (χ0) is 29.0. The van der Waals surface area contributed by atoms with Crippen LogP contribution in [0.4, 0.5) is 0 Å². The van der Waals surface area contributed by atoms with Gasteiger partial charge in [-0.15, -0.1) is 35.9 Å². The molecule has 0 unspecified atom stereocenters. The van der Waals surface area contributed by atoms with Crippen molar-refractivity contribution in [2.24, 2.45) is 0 Å².